The highest BCUT2D eigenvalue weighted by Crippen LogP contribution is 2.21. The van der Waals surface area contributed by atoms with Crippen LogP contribution >= 0.6 is 0 Å². The molecule has 33 heavy (non-hydrogen) atoms. The number of carbonyl (C=O) groups excluding carboxylic acids is 1. The van der Waals surface area contributed by atoms with Gasteiger partial charge in [-0.2, -0.15) is 0 Å². The zero-order valence-electron chi connectivity index (χ0n) is 18.5. The Hall–Kier alpha value is -3.01. The number of anilines is 1. The average Bonchev–Trinajstić information content (AvgIpc) is 2.84. The van der Waals surface area contributed by atoms with Crippen molar-refractivity contribution in [1.82, 2.24) is 10.0 Å². The fourth-order valence-electron chi connectivity index (χ4n) is 3.80. The molecule has 0 saturated heterocycles. The van der Waals surface area contributed by atoms with Crippen molar-refractivity contribution in [3.05, 3.63) is 59.3 Å². The number of aromatic nitrogens is 1. The van der Waals surface area contributed by atoms with Gasteiger partial charge in [-0.05, 0) is 55.7 Å². The lowest BCUT2D eigenvalue weighted by molar-refractivity contribution is -0.216. The van der Waals surface area contributed by atoms with Gasteiger partial charge in [0.05, 0.1) is 0 Å². The van der Waals surface area contributed by atoms with Gasteiger partial charge in [-0.15, -0.1) is 5.06 Å². The molecule has 9 nitrogen and oxygen atoms in total. The Morgan fingerprint density at radius 3 is 2.67 bits per heavy atom. The first-order chi connectivity index (χ1) is 16.0. The second kappa shape index (κ2) is 12.3. The average molecular weight is 458 g/mol. The van der Waals surface area contributed by atoms with Crippen LogP contribution < -0.4 is 5.32 Å². The summed E-state index contributed by atoms with van der Waals surface area (Å²) in [6.07, 6.45) is 2.41. The SMILES string of the molecule is O=C(O)[C@@H](CCO)N(CCCCc1ccc2c(n1)NCCC2)OC(=O)[C@H](O)c1ccccc1. The first-order valence-corrected chi connectivity index (χ1v) is 11.3. The van der Waals surface area contributed by atoms with Gasteiger partial charge >= 0.3 is 11.9 Å². The molecule has 2 atom stereocenters. The molecule has 2 aromatic rings. The predicted octanol–water partition coefficient (Wildman–Crippen LogP) is 2.09. The summed E-state index contributed by atoms with van der Waals surface area (Å²) in [4.78, 5) is 34.2. The number of pyridine rings is 1. The lowest BCUT2D eigenvalue weighted by Crippen LogP contribution is -2.44. The summed E-state index contributed by atoms with van der Waals surface area (Å²) in [6.45, 7) is 0.686. The Bertz CT molecular complexity index is 924. The highest BCUT2D eigenvalue weighted by molar-refractivity contribution is 5.77. The minimum absolute atomic E-state index is 0.109. The quantitative estimate of drug-likeness (QED) is 0.279. The van der Waals surface area contributed by atoms with E-state index in [0.717, 1.165) is 36.0 Å². The molecule has 1 aromatic carbocycles. The number of aliphatic hydroxyl groups excluding tert-OH is 2. The van der Waals surface area contributed by atoms with E-state index >= 15 is 0 Å². The van der Waals surface area contributed by atoms with Crippen LogP contribution in [0.2, 0.25) is 0 Å². The van der Waals surface area contributed by atoms with Crippen molar-refractivity contribution < 1.29 is 29.7 Å². The second-order valence-electron chi connectivity index (χ2n) is 8.03. The molecule has 0 fully saturated rings. The number of nitrogens with one attached hydrogen (secondary N) is 1. The van der Waals surface area contributed by atoms with Crippen molar-refractivity contribution in [2.45, 2.75) is 50.7 Å². The smallest absolute Gasteiger partial charge is 0.358 e. The fraction of sp³-hybridized carbons (Fsp3) is 0.458. The van der Waals surface area contributed by atoms with Gasteiger partial charge < -0.3 is 25.5 Å². The number of carboxylic acid groups (broad SMARTS) is 1. The van der Waals surface area contributed by atoms with Gasteiger partial charge in [-0.25, -0.2) is 9.78 Å². The van der Waals surface area contributed by atoms with Crippen LogP contribution in [-0.4, -0.2) is 63.0 Å². The summed E-state index contributed by atoms with van der Waals surface area (Å²) >= 11 is 0. The third kappa shape index (κ3) is 6.98. The van der Waals surface area contributed by atoms with E-state index < -0.39 is 24.1 Å². The molecule has 0 saturated carbocycles. The molecule has 3 rings (SSSR count). The highest BCUT2D eigenvalue weighted by Gasteiger charge is 2.31. The number of carboxylic acids is 1. The van der Waals surface area contributed by atoms with E-state index in [1.165, 1.54) is 5.56 Å². The highest BCUT2D eigenvalue weighted by atomic mass is 16.7. The Labute approximate surface area is 193 Å². The number of aliphatic hydroxyl groups is 2. The van der Waals surface area contributed by atoms with Gasteiger partial charge in [0.2, 0.25) is 0 Å². The summed E-state index contributed by atoms with van der Waals surface area (Å²) in [5, 5.41) is 33.5. The molecular weight excluding hydrogens is 426 g/mol. The summed E-state index contributed by atoms with van der Waals surface area (Å²) < 4.78 is 0. The molecule has 178 valence electrons. The number of aliphatic carboxylic acids is 1. The van der Waals surface area contributed by atoms with Crippen LogP contribution in [0, 0.1) is 0 Å². The number of aryl methyl sites for hydroxylation is 2. The zero-order chi connectivity index (χ0) is 23.6. The van der Waals surface area contributed by atoms with Gasteiger partial charge in [0.25, 0.3) is 0 Å². The number of hydrogen-bond acceptors (Lipinski definition) is 8. The molecule has 1 aliphatic heterocycles. The second-order valence-corrected chi connectivity index (χ2v) is 8.03. The molecule has 0 bridgehead atoms. The van der Waals surface area contributed by atoms with Crippen molar-refractivity contribution in [1.29, 1.82) is 0 Å². The maximum Gasteiger partial charge on any atom is 0.358 e. The largest absolute Gasteiger partial charge is 0.480 e. The zero-order valence-corrected chi connectivity index (χ0v) is 18.5. The maximum atomic E-state index is 12.5. The minimum Gasteiger partial charge on any atom is -0.480 e. The van der Waals surface area contributed by atoms with Crippen molar-refractivity contribution >= 4 is 17.8 Å². The molecule has 1 aliphatic rings. The Kier molecular flexibility index (Phi) is 9.17. The summed E-state index contributed by atoms with van der Waals surface area (Å²) in [5.41, 5.74) is 2.51. The van der Waals surface area contributed by atoms with E-state index in [0.29, 0.717) is 24.8 Å². The molecule has 2 heterocycles. The number of unbranched alkanes of at least 4 members (excludes halogenated alkanes) is 1. The Morgan fingerprint density at radius 2 is 1.94 bits per heavy atom. The van der Waals surface area contributed by atoms with Gasteiger partial charge in [-0.1, -0.05) is 36.4 Å². The molecule has 0 unspecified atom stereocenters. The van der Waals surface area contributed by atoms with E-state index in [-0.39, 0.29) is 19.6 Å². The molecule has 4 N–H and O–H groups in total. The number of hydroxylamine groups is 2. The molecule has 0 radical (unpaired) electrons. The van der Waals surface area contributed by atoms with Gasteiger partial charge in [0.1, 0.15) is 11.9 Å². The van der Waals surface area contributed by atoms with Crippen molar-refractivity contribution in [2.24, 2.45) is 0 Å². The lowest BCUT2D eigenvalue weighted by atomic mass is 10.1. The molecule has 9 heteroatoms. The first-order valence-electron chi connectivity index (χ1n) is 11.3. The Morgan fingerprint density at radius 1 is 1.15 bits per heavy atom. The standard InChI is InChI=1S/C24H31N3O6/c28-16-13-20(23(30)31)27(33-24(32)21(29)17-7-2-1-3-8-17)15-5-4-10-19-12-11-18-9-6-14-25-22(18)26-19/h1-3,7-8,11-12,20-21,28-29H,4-6,9-10,13-16H2,(H,25,26)(H,30,31)/t20-,21-/m1/s1. The van der Waals surface area contributed by atoms with Crippen molar-refractivity contribution in [3.63, 3.8) is 0 Å². The van der Waals surface area contributed by atoms with E-state index in [2.05, 4.69) is 16.4 Å². The summed E-state index contributed by atoms with van der Waals surface area (Å²) in [6, 6.07) is 11.2. The monoisotopic (exact) mass is 457 g/mol. The molecular formula is C24H31N3O6. The van der Waals surface area contributed by atoms with E-state index in [1.54, 1.807) is 30.3 Å². The van der Waals surface area contributed by atoms with Crippen LogP contribution in [-0.2, 0) is 27.3 Å². The maximum absolute atomic E-state index is 12.5. The minimum atomic E-state index is -1.54. The first kappa shape index (κ1) is 24.6. The van der Waals surface area contributed by atoms with E-state index in [9.17, 15) is 24.9 Å². The van der Waals surface area contributed by atoms with Crippen LogP contribution in [0.15, 0.2) is 42.5 Å². The molecule has 0 spiro atoms. The summed E-state index contributed by atoms with van der Waals surface area (Å²) in [5.74, 6) is -1.25. The van der Waals surface area contributed by atoms with Crippen molar-refractivity contribution in [2.75, 3.05) is 25.0 Å². The molecule has 0 aliphatic carbocycles. The fourth-order valence-corrected chi connectivity index (χ4v) is 3.80. The summed E-state index contributed by atoms with van der Waals surface area (Å²) in [7, 11) is 0. The number of rotatable bonds is 12. The number of carbonyl (C=O) groups is 2. The predicted molar refractivity (Wildman–Crippen MR) is 121 cm³/mol. The third-order valence-corrected chi connectivity index (χ3v) is 5.59. The van der Waals surface area contributed by atoms with Gasteiger partial charge in [0, 0.05) is 25.4 Å². The van der Waals surface area contributed by atoms with Crippen LogP contribution in [0.4, 0.5) is 5.82 Å². The van der Waals surface area contributed by atoms with E-state index in [4.69, 9.17) is 4.84 Å². The lowest BCUT2D eigenvalue weighted by Gasteiger charge is -2.27. The number of fused-ring (bicyclic) bond motifs is 1. The van der Waals surface area contributed by atoms with Crippen molar-refractivity contribution in [3.8, 4) is 0 Å². The Balaban J connectivity index is 1.59. The van der Waals surface area contributed by atoms with Crippen LogP contribution in [0.3, 0.4) is 0 Å². The van der Waals surface area contributed by atoms with Crippen LogP contribution in [0.1, 0.15) is 48.6 Å². The molecule has 0 amide bonds. The topological polar surface area (TPSA) is 132 Å². The van der Waals surface area contributed by atoms with Gasteiger partial charge in [0.15, 0.2) is 6.10 Å². The third-order valence-electron chi connectivity index (χ3n) is 5.59. The number of nitrogens with zero attached hydrogens (tertiary/aromatic N) is 2. The molecule has 1 aromatic heterocycles. The van der Waals surface area contributed by atoms with Crippen LogP contribution in [0.25, 0.3) is 0 Å². The number of benzene rings is 1. The number of hydrogen-bond donors (Lipinski definition) is 4. The van der Waals surface area contributed by atoms with E-state index in [1.807, 2.05) is 6.07 Å². The van der Waals surface area contributed by atoms with Crippen LogP contribution in [0.5, 0.6) is 0 Å². The van der Waals surface area contributed by atoms with Gasteiger partial charge in [-0.3, -0.25) is 4.79 Å². The normalized spacial score (nSPS) is 14.8.